The number of hydrogen-bond donors (Lipinski definition) is 0. The molecule has 1 saturated carbocycles. The van der Waals surface area contributed by atoms with E-state index in [1.165, 1.54) is 49.0 Å². The summed E-state index contributed by atoms with van der Waals surface area (Å²) < 4.78 is 0. The maximum atomic E-state index is 12.6. The Morgan fingerprint density at radius 3 is 2.67 bits per heavy atom. The minimum atomic E-state index is 0.270. The zero-order chi connectivity index (χ0) is 12.7. The highest BCUT2D eigenvalue weighted by Gasteiger charge is 2.35. The van der Waals surface area contributed by atoms with Gasteiger partial charge in [0.05, 0.1) is 4.88 Å². The number of thiophene rings is 1. The Kier molecular flexibility index (Phi) is 3.18. The monoisotopic (exact) mass is 263 g/mol. The number of rotatable bonds is 3. The number of amides is 1. The summed E-state index contributed by atoms with van der Waals surface area (Å²) >= 11 is 1.74. The largest absolute Gasteiger partial charge is 0.333 e. The van der Waals surface area contributed by atoms with Crippen LogP contribution in [0, 0.1) is 0 Å². The van der Waals surface area contributed by atoms with Crippen LogP contribution in [0.25, 0.3) is 0 Å². The fourth-order valence-corrected chi connectivity index (χ4v) is 4.10. The molecule has 2 aliphatic rings. The van der Waals surface area contributed by atoms with Crippen LogP contribution in [0.1, 0.15) is 59.6 Å². The fourth-order valence-electron chi connectivity index (χ4n) is 2.90. The third-order valence-electron chi connectivity index (χ3n) is 3.94. The lowest BCUT2D eigenvalue weighted by Crippen LogP contribution is -2.38. The molecule has 0 spiro atoms. The molecule has 3 heteroatoms. The third kappa shape index (κ3) is 2.20. The first kappa shape index (κ1) is 12.2. The van der Waals surface area contributed by atoms with Crippen LogP contribution in [-0.4, -0.2) is 22.9 Å². The molecule has 98 valence electrons. The highest BCUT2D eigenvalue weighted by atomic mass is 32.1. The number of carbonyl (C=O) groups excluding carboxylic acids is 1. The van der Waals surface area contributed by atoms with E-state index in [0.717, 1.165) is 4.88 Å². The van der Waals surface area contributed by atoms with Crippen molar-refractivity contribution in [2.45, 2.75) is 64.5 Å². The Bertz CT molecular complexity index is 434. The van der Waals surface area contributed by atoms with E-state index in [9.17, 15) is 4.79 Å². The molecule has 0 N–H and O–H groups in total. The van der Waals surface area contributed by atoms with E-state index < -0.39 is 0 Å². The Morgan fingerprint density at radius 1 is 1.33 bits per heavy atom. The highest BCUT2D eigenvalue weighted by molar-refractivity contribution is 7.14. The molecule has 0 radical (unpaired) electrons. The Hall–Kier alpha value is -0.830. The van der Waals surface area contributed by atoms with Gasteiger partial charge in [0.1, 0.15) is 0 Å². The summed E-state index contributed by atoms with van der Waals surface area (Å²) in [5.74, 6) is 0.270. The first-order chi connectivity index (χ1) is 8.66. The second kappa shape index (κ2) is 4.69. The van der Waals surface area contributed by atoms with Gasteiger partial charge >= 0.3 is 0 Å². The molecule has 0 bridgehead atoms. The molecule has 0 atom stereocenters. The molecular formula is C15H21NOS. The Morgan fingerprint density at radius 2 is 2.06 bits per heavy atom. The smallest absolute Gasteiger partial charge is 0.264 e. The van der Waals surface area contributed by atoms with Crippen LogP contribution < -0.4 is 0 Å². The average molecular weight is 263 g/mol. The molecule has 2 nitrogen and oxygen atoms in total. The SMILES string of the molecule is CC(C)N(C(=O)c1cc2c(s1)CCCC2)C1CC1. The molecule has 18 heavy (non-hydrogen) atoms. The van der Waals surface area contributed by atoms with E-state index in [1.807, 2.05) is 0 Å². The third-order valence-corrected chi connectivity index (χ3v) is 5.16. The second-order valence-electron chi connectivity index (χ2n) is 5.80. The van der Waals surface area contributed by atoms with Crippen molar-refractivity contribution in [1.82, 2.24) is 4.90 Å². The molecule has 0 saturated heterocycles. The van der Waals surface area contributed by atoms with Gasteiger partial charge in [0.2, 0.25) is 0 Å². The van der Waals surface area contributed by atoms with Crippen molar-refractivity contribution in [2.24, 2.45) is 0 Å². The molecule has 0 unspecified atom stereocenters. The van der Waals surface area contributed by atoms with Gasteiger partial charge in [-0.1, -0.05) is 0 Å². The minimum Gasteiger partial charge on any atom is -0.333 e. The fraction of sp³-hybridized carbons (Fsp3) is 0.667. The number of fused-ring (bicyclic) bond motifs is 1. The minimum absolute atomic E-state index is 0.270. The van der Waals surface area contributed by atoms with Gasteiger partial charge in [0.25, 0.3) is 5.91 Å². The van der Waals surface area contributed by atoms with Crippen LogP contribution in [0.2, 0.25) is 0 Å². The van der Waals surface area contributed by atoms with Gasteiger partial charge < -0.3 is 4.90 Å². The van der Waals surface area contributed by atoms with Gasteiger partial charge in [0, 0.05) is 17.0 Å². The summed E-state index contributed by atoms with van der Waals surface area (Å²) in [5, 5.41) is 0. The number of carbonyl (C=O) groups is 1. The van der Waals surface area contributed by atoms with Crippen molar-refractivity contribution in [1.29, 1.82) is 0 Å². The topological polar surface area (TPSA) is 20.3 Å². The van der Waals surface area contributed by atoms with Gasteiger partial charge in [-0.25, -0.2) is 0 Å². The first-order valence-electron chi connectivity index (χ1n) is 7.11. The van der Waals surface area contributed by atoms with Crippen LogP contribution in [0.5, 0.6) is 0 Å². The maximum absolute atomic E-state index is 12.6. The van der Waals surface area contributed by atoms with Gasteiger partial charge in [-0.15, -0.1) is 11.3 Å². The quantitative estimate of drug-likeness (QED) is 0.815. The summed E-state index contributed by atoms with van der Waals surface area (Å²) in [6, 6.07) is 3.00. The van der Waals surface area contributed by atoms with Crippen LogP contribution in [0.4, 0.5) is 0 Å². The number of hydrogen-bond acceptors (Lipinski definition) is 2. The summed E-state index contributed by atoms with van der Waals surface area (Å²) in [6.07, 6.45) is 7.30. The van der Waals surface area contributed by atoms with Gasteiger partial charge in [0.15, 0.2) is 0 Å². The van der Waals surface area contributed by atoms with E-state index in [4.69, 9.17) is 0 Å². The van der Waals surface area contributed by atoms with E-state index >= 15 is 0 Å². The summed E-state index contributed by atoms with van der Waals surface area (Å²) in [7, 11) is 0. The Balaban J connectivity index is 1.84. The lowest BCUT2D eigenvalue weighted by molar-refractivity contribution is 0.0695. The van der Waals surface area contributed by atoms with Crippen molar-refractivity contribution in [3.63, 3.8) is 0 Å². The molecule has 3 rings (SSSR count). The van der Waals surface area contributed by atoms with E-state index in [1.54, 1.807) is 11.3 Å². The van der Waals surface area contributed by atoms with E-state index in [-0.39, 0.29) is 5.91 Å². The predicted molar refractivity (Wildman–Crippen MR) is 75.3 cm³/mol. The van der Waals surface area contributed by atoms with Crippen LogP contribution in [0.15, 0.2) is 6.07 Å². The summed E-state index contributed by atoms with van der Waals surface area (Å²) in [4.78, 5) is 17.2. The van der Waals surface area contributed by atoms with Crippen molar-refractivity contribution >= 4 is 17.2 Å². The first-order valence-corrected chi connectivity index (χ1v) is 7.92. The second-order valence-corrected chi connectivity index (χ2v) is 6.94. The molecule has 1 fully saturated rings. The van der Waals surface area contributed by atoms with E-state index in [2.05, 4.69) is 24.8 Å². The Labute approximate surface area is 113 Å². The molecule has 1 aromatic rings. The molecule has 0 aromatic carbocycles. The van der Waals surface area contributed by atoms with E-state index in [0.29, 0.717) is 12.1 Å². The zero-order valence-electron chi connectivity index (χ0n) is 11.2. The van der Waals surface area contributed by atoms with Crippen molar-refractivity contribution < 1.29 is 4.79 Å². The predicted octanol–water partition coefficient (Wildman–Crippen LogP) is 3.64. The molecular weight excluding hydrogens is 242 g/mol. The summed E-state index contributed by atoms with van der Waals surface area (Å²) in [6.45, 7) is 4.26. The van der Waals surface area contributed by atoms with Crippen molar-refractivity contribution in [3.05, 3.63) is 21.4 Å². The highest BCUT2D eigenvalue weighted by Crippen LogP contribution is 2.34. The number of aryl methyl sites for hydroxylation is 2. The van der Waals surface area contributed by atoms with Crippen molar-refractivity contribution in [3.8, 4) is 0 Å². The van der Waals surface area contributed by atoms with Crippen LogP contribution in [0.3, 0.4) is 0 Å². The molecule has 2 aliphatic carbocycles. The summed E-state index contributed by atoms with van der Waals surface area (Å²) in [5.41, 5.74) is 1.44. The van der Waals surface area contributed by atoms with Crippen LogP contribution >= 0.6 is 11.3 Å². The van der Waals surface area contributed by atoms with Crippen LogP contribution in [-0.2, 0) is 12.8 Å². The van der Waals surface area contributed by atoms with Gasteiger partial charge in [-0.2, -0.15) is 0 Å². The molecule has 1 amide bonds. The van der Waals surface area contributed by atoms with Crippen molar-refractivity contribution in [2.75, 3.05) is 0 Å². The number of nitrogens with zero attached hydrogens (tertiary/aromatic N) is 1. The normalized spacial score (nSPS) is 18.8. The lowest BCUT2D eigenvalue weighted by Gasteiger charge is -2.26. The zero-order valence-corrected chi connectivity index (χ0v) is 12.1. The molecule has 0 aliphatic heterocycles. The van der Waals surface area contributed by atoms with Gasteiger partial charge in [-0.3, -0.25) is 4.79 Å². The molecule has 1 heterocycles. The standard InChI is InChI=1S/C15H21NOS/c1-10(2)16(12-7-8-12)15(17)14-9-11-5-3-4-6-13(11)18-14/h9-10,12H,3-8H2,1-2H3. The van der Waals surface area contributed by atoms with Gasteiger partial charge in [-0.05, 0) is 64.0 Å². The average Bonchev–Trinajstić information content (AvgIpc) is 3.06. The molecule has 1 aromatic heterocycles. The lowest BCUT2D eigenvalue weighted by atomic mass is 9.99. The maximum Gasteiger partial charge on any atom is 0.264 e.